The Labute approximate surface area is 133 Å². The van der Waals surface area contributed by atoms with Crippen molar-refractivity contribution in [3.63, 3.8) is 0 Å². The van der Waals surface area contributed by atoms with E-state index in [2.05, 4.69) is 68.3 Å². The van der Waals surface area contributed by atoms with Gasteiger partial charge in [-0.25, -0.2) is 0 Å². The van der Waals surface area contributed by atoms with Gasteiger partial charge in [0.1, 0.15) is 5.75 Å². The Hall–Kier alpha value is -1.80. The molecule has 0 aromatic heterocycles. The molecule has 1 aliphatic heterocycles. The van der Waals surface area contributed by atoms with Crippen LogP contribution < -0.4 is 4.84 Å². The van der Waals surface area contributed by atoms with Gasteiger partial charge in [-0.15, -0.1) is 5.06 Å². The van der Waals surface area contributed by atoms with Crippen LogP contribution in [-0.2, 0) is 0 Å². The Morgan fingerprint density at radius 3 is 2.09 bits per heavy atom. The zero-order valence-corrected chi connectivity index (χ0v) is 13.8. The van der Waals surface area contributed by atoms with E-state index >= 15 is 0 Å². The van der Waals surface area contributed by atoms with Gasteiger partial charge in [-0.1, -0.05) is 30.3 Å². The molecule has 2 nitrogen and oxygen atoms in total. The Kier molecular flexibility index (Phi) is 4.49. The minimum absolute atomic E-state index is 0.669. The Morgan fingerprint density at radius 1 is 0.909 bits per heavy atom. The van der Waals surface area contributed by atoms with E-state index in [-0.39, 0.29) is 0 Å². The molecule has 22 heavy (non-hydrogen) atoms. The summed E-state index contributed by atoms with van der Waals surface area (Å²) < 4.78 is 0. The average molecular weight is 295 g/mol. The SMILES string of the molecule is Cc1cc(ON2CCC(c3ccccc3)CC2)cc(C)c1C. The fourth-order valence-electron chi connectivity index (χ4n) is 3.20. The number of hydrogen-bond donors (Lipinski definition) is 0. The normalized spacial score (nSPS) is 16.7. The largest absolute Gasteiger partial charge is 0.406 e. The zero-order chi connectivity index (χ0) is 15.5. The predicted octanol–water partition coefficient (Wildman–Crippen LogP) is 4.79. The minimum atomic E-state index is 0.669. The summed E-state index contributed by atoms with van der Waals surface area (Å²) in [6, 6.07) is 15.1. The number of rotatable bonds is 3. The second-order valence-electron chi connectivity index (χ2n) is 6.39. The fourth-order valence-corrected chi connectivity index (χ4v) is 3.20. The third-order valence-electron chi connectivity index (χ3n) is 4.86. The van der Waals surface area contributed by atoms with Crippen LogP contribution in [0.1, 0.15) is 41.0 Å². The van der Waals surface area contributed by atoms with Crippen LogP contribution in [0, 0.1) is 20.8 Å². The lowest BCUT2D eigenvalue weighted by molar-refractivity contribution is -0.0757. The van der Waals surface area contributed by atoms with E-state index in [0.29, 0.717) is 5.92 Å². The van der Waals surface area contributed by atoms with Crippen LogP contribution >= 0.6 is 0 Å². The van der Waals surface area contributed by atoms with E-state index in [1.165, 1.54) is 22.3 Å². The molecule has 0 saturated carbocycles. The van der Waals surface area contributed by atoms with Gasteiger partial charge in [0.2, 0.25) is 0 Å². The molecule has 3 rings (SSSR count). The van der Waals surface area contributed by atoms with E-state index < -0.39 is 0 Å². The molecule has 0 aliphatic carbocycles. The topological polar surface area (TPSA) is 12.5 Å². The van der Waals surface area contributed by atoms with Crippen molar-refractivity contribution in [2.24, 2.45) is 0 Å². The van der Waals surface area contributed by atoms with Gasteiger partial charge in [-0.05, 0) is 73.9 Å². The molecule has 0 unspecified atom stereocenters. The molecule has 0 spiro atoms. The molecule has 2 aromatic carbocycles. The predicted molar refractivity (Wildman–Crippen MR) is 91.3 cm³/mol. The molecular weight excluding hydrogens is 270 g/mol. The summed E-state index contributed by atoms with van der Waals surface area (Å²) >= 11 is 0. The molecule has 0 radical (unpaired) electrons. The van der Waals surface area contributed by atoms with Crippen molar-refractivity contribution in [2.75, 3.05) is 13.1 Å². The Balaban J connectivity index is 1.60. The molecule has 2 heteroatoms. The van der Waals surface area contributed by atoms with Gasteiger partial charge in [0.25, 0.3) is 0 Å². The smallest absolute Gasteiger partial charge is 0.148 e. The number of hydroxylamine groups is 2. The maximum Gasteiger partial charge on any atom is 0.148 e. The van der Waals surface area contributed by atoms with Crippen molar-refractivity contribution >= 4 is 0 Å². The highest BCUT2D eigenvalue weighted by Gasteiger charge is 2.21. The lowest BCUT2D eigenvalue weighted by Gasteiger charge is -2.31. The molecular formula is C20H25NO. The van der Waals surface area contributed by atoms with Crippen molar-refractivity contribution in [2.45, 2.75) is 39.5 Å². The summed E-state index contributed by atoms with van der Waals surface area (Å²) in [7, 11) is 0. The van der Waals surface area contributed by atoms with E-state index in [9.17, 15) is 0 Å². The van der Waals surface area contributed by atoms with Gasteiger partial charge in [0.15, 0.2) is 0 Å². The molecule has 2 aromatic rings. The molecule has 1 saturated heterocycles. The molecule has 116 valence electrons. The first-order chi connectivity index (χ1) is 10.6. The van der Waals surface area contributed by atoms with Gasteiger partial charge >= 0.3 is 0 Å². The van der Waals surface area contributed by atoms with Gasteiger partial charge in [-0.3, -0.25) is 0 Å². The molecule has 0 atom stereocenters. The zero-order valence-electron chi connectivity index (χ0n) is 13.8. The molecule has 1 heterocycles. The van der Waals surface area contributed by atoms with Crippen LogP contribution in [-0.4, -0.2) is 18.2 Å². The summed E-state index contributed by atoms with van der Waals surface area (Å²) in [5, 5.41) is 2.11. The Morgan fingerprint density at radius 2 is 1.50 bits per heavy atom. The average Bonchev–Trinajstić information content (AvgIpc) is 2.54. The monoisotopic (exact) mass is 295 g/mol. The van der Waals surface area contributed by atoms with Gasteiger partial charge in [0, 0.05) is 13.1 Å². The van der Waals surface area contributed by atoms with Gasteiger partial charge < -0.3 is 4.84 Å². The number of hydrogen-bond acceptors (Lipinski definition) is 2. The van der Waals surface area contributed by atoms with Crippen LogP contribution in [0.3, 0.4) is 0 Å². The first kappa shape index (κ1) is 15.1. The number of nitrogens with zero attached hydrogens (tertiary/aromatic N) is 1. The van der Waals surface area contributed by atoms with Crippen molar-refractivity contribution in [1.82, 2.24) is 5.06 Å². The maximum atomic E-state index is 6.09. The van der Waals surface area contributed by atoms with Crippen LogP contribution in [0.15, 0.2) is 42.5 Å². The summed E-state index contributed by atoms with van der Waals surface area (Å²) in [5.41, 5.74) is 5.42. The van der Waals surface area contributed by atoms with E-state index in [0.717, 1.165) is 31.7 Å². The molecule has 0 N–H and O–H groups in total. The van der Waals surface area contributed by atoms with Crippen LogP contribution in [0.5, 0.6) is 5.75 Å². The second kappa shape index (κ2) is 6.53. The van der Waals surface area contributed by atoms with Crippen molar-refractivity contribution in [3.8, 4) is 5.75 Å². The standard InChI is InChI=1S/C20H25NO/c1-15-13-20(14-16(2)17(15)3)22-21-11-9-19(10-12-21)18-7-5-4-6-8-18/h4-8,13-14,19H,9-12H2,1-3H3. The number of aryl methyl sites for hydroxylation is 2. The first-order valence-electron chi connectivity index (χ1n) is 8.19. The highest BCUT2D eigenvalue weighted by Crippen LogP contribution is 2.29. The number of piperidine rings is 1. The van der Waals surface area contributed by atoms with Gasteiger partial charge in [-0.2, -0.15) is 0 Å². The summed E-state index contributed by atoms with van der Waals surface area (Å²) in [5.74, 6) is 1.64. The van der Waals surface area contributed by atoms with Crippen molar-refractivity contribution in [3.05, 3.63) is 64.7 Å². The number of benzene rings is 2. The fraction of sp³-hybridized carbons (Fsp3) is 0.400. The van der Waals surface area contributed by atoms with E-state index in [1.54, 1.807) is 0 Å². The highest BCUT2D eigenvalue weighted by molar-refractivity contribution is 5.40. The van der Waals surface area contributed by atoms with Crippen LogP contribution in [0.2, 0.25) is 0 Å². The van der Waals surface area contributed by atoms with Crippen molar-refractivity contribution < 1.29 is 4.84 Å². The quantitative estimate of drug-likeness (QED) is 0.807. The van der Waals surface area contributed by atoms with Gasteiger partial charge in [0.05, 0.1) is 0 Å². The molecule has 1 aliphatic rings. The van der Waals surface area contributed by atoms with E-state index in [4.69, 9.17) is 4.84 Å². The third-order valence-corrected chi connectivity index (χ3v) is 4.86. The minimum Gasteiger partial charge on any atom is -0.406 e. The van der Waals surface area contributed by atoms with E-state index in [1.807, 2.05) is 0 Å². The van der Waals surface area contributed by atoms with Crippen LogP contribution in [0.4, 0.5) is 0 Å². The molecule has 0 amide bonds. The highest BCUT2D eigenvalue weighted by atomic mass is 16.7. The lowest BCUT2D eigenvalue weighted by Crippen LogP contribution is -2.35. The van der Waals surface area contributed by atoms with Crippen molar-refractivity contribution in [1.29, 1.82) is 0 Å². The molecule has 0 bridgehead atoms. The Bertz CT molecular complexity index is 604. The summed E-state index contributed by atoms with van der Waals surface area (Å²) in [4.78, 5) is 6.09. The second-order valence-corrected chi connectivity index (χ2v) is 6.39. The third kappa shape index (κ3) is 3.33. The summed E-state index contributed by atoms with van der Waals surface area (Å²) in [6.07, 6.45) is 2.32. The summed E-state index contributed by atoms with van der Waals surface area (Å²) in [6.45, 7) is 8.45. The van der Waals surface area contributed by atoms with Crippen LogP contribution in [0.25, 0.3) is 0 Å². The lowest BCUT2D eigenvalue weighted by atomic mass is 9.90. The first-order valence-corrected chi connectivity index (χ1v) is 8.19. The molecule has 1 fully saturated rings. The maximum absolute atomic E-state index is 6.09.